The van der Waals surface area contributed by atoms with Gasteiger partial charge < -0.3 is 14.6 Å². The number of carbonyl (C=O) groups excluding carboxylic acids is 1. The van der Waals surface area contributed by atoms with Crippen LogP contribution in [0.4, 0.5) is 5.82 Å². The van der Waals surface area contributed by atoms with Gasteiger partial charge in [-0.15, -0.1) is 0 Å². The highest BCUT2D eigenvalue weighted by Gasteiger charge is 2.12. The second-order valence-electron chi connectivity index (χ2n) is 5.29. The Morgan fingerprint density at radius 3 is 2.80 bits per heavy atom. The van der Waals surface area contributed by atoms with Gasteiger partial charge in [-0.3, -0.25) is 9.59 Å². The Morgan fingerprint density at radius 1 is 1.28 bits per heavy atom. The monoisotopic (exact) mass is 340 g/mol. The van der Waals surface area contributed by atoms with Crippen molar-refractivity contribution >= 4 is 11.7 Å². The lowest BCUT2D eigenvalue weighted by atomic mass is 10.1. The van der Waals surface area contributed by atoms with E-state index in [0.717, 1.165) is 10.2 Å². The molecule has 0 radical (unpaired) electrons. The second-order valence-corrected chi connectivity index (χ2v) is 5.29. The molecule has 1 amide bonds. The molecule has 0 atom stereocenters. The van der Waals surface area contributed by atoms with E-state index in [1.54, 1.807) is 32.2 Å². The Labute approximate surface area is 143 Å². The number of ether oxygens (including phenoxy) is 1. The minimum absolute atomic E-state index is 0.242. The molecule has 0 saturated carbocycles. The van der Waals surface area contributed by atoms with Crippen molar-refractivity contribution in [1.82, 2.24) is 14.9 Å². The van der Waals surface area contributed by atoms with Gasteiger partial charge in [-0.25, -0.2) is 4.68 Å². The molecule has 8 nitrogen and oxygen atoms in total. The minimum Gasteiger partial charge on any atom is -0.496 e. The van der Waals surface area contributed by atoms with Crippen LogP contribution in [0.15, 0.2) is 51.8 Å². The van der Waals surface area contributed by atoms with Gasteiger partial charge in [0.1, 0.15) is 18.1 Å². The van der Waals surface area contributed by atoms with Crippen molar-refractivity contribution in [3.05, 3.63) is 58.6 Å². The Hall–Kier alpha value is -3.42. The third-order valence-corrected chi connectivity index (χ3v) is 3.44. The fourth-order valence-electron chi connectivity index (χ4n) is 2.31. The van der Waals surface area contributed by atoms with E-state index in [0.29, 0.717) is 17.2 Å². The highest BCUT2D eigenvalue weighted by molar-refractivity contribution is 5.89. The summed E-state index contributed by atoms with van der Waals surface area (Å²) in [6.07, 6.45) is 0. The molecule has 0 fully saturated rings. The summed E-state index contributed by atoms with van der Waals surface area (Å²) in [6.45, 7) is 1.47. The van der Waals surface area contributed by atoms with Crippen LogP contribution < -0.4 is 15.6 Å². The largest absolute Gasteiger partial charge is 0.496 e. The molecule has 0 aliphatic carbocycles. The van der Waals surface area contributed by atoms with Crippen LogP contribution in [0.2, 0.25) is 0 Å². The van der Waals surface area contributed by atoms with Gasteiger partial charge in [0.2, 0.25) is 5.91 Å². The zero-order valence-corrected chi connectivity index (χ0v) is 13.7. The lowest BCUT2D eigenvalue weighted by molar-refractivity contribution is -0.117. The van der Waals surface area contributed by atoms with Crippen molar-refractivity contribution in [1.29, 1.82) is 0 Å². The molecule has 25 heavy (non-hydrogen) atoms. The van der Waals surface area contributed by atoms with E-state index in [4.69, 9.17) is 9.26 Å². The van der Waals surface area contributed by atoms with Crippen LogP contribution in [-0.4, -0.2) is 28.0 Å². The number of hydrogen-bond acceptors (Lipinski definition) is 6. The first-order chi connectivity index (χ1) is 12.1. The van der Waals surface area contributed by atoms with Gasteiger partial charge in [-0.2, -0.15) is 5.10 Å². The fourth-order valence-corrected chi connectivity index (χ4v) is 2.31. The summed E-state index contributed by atoms with van der Waals surface area (Å²) in [5.74, 6) is 1.06. The Kier molecular flexibility index (Phi) is 4.60. The summed E-state index contributed by atoms with van der Waals surface area (Å²) >= 11 is 0. The molecule has 8 heteroatoms. The normalized spacial score (nSPS) is 10.5. The number of aromatic nitrogens is 3. The molecule has 0 bridgehead atoms. The molecule has 2 heterocycles. The van der Waals surface area contributed by atoms with Crippen molar-refractivity contribution in [3.63, 3.8) is 0 Å². The zero-order chi connectivity index (χ0) is 17.8. The van der Waals surface area contributed by atoms with Crippen LogP contribution in [0.25, 0.3) is 11.3 Å². The predicted octanol–water partition coefficient (Wildman–Crippen LogP) is 1.85. The van der Waals surface area contributed by atoms with Crippen LogP contribution in [0.5, 0.6) is 5.75 Å². The SMILES string of the molecule is COc1ccccc1-c1ccc(=O)n(CC(=O)Nc2cc(C)on2)n1. The molecule has 3 rings (SSSR count). The van der Waals surface area contributed by atoms with Gasteiger partial charge in [-0.05, 0) is 25.1 Å². The van der Waals surface area contributed by atoms with E-state index in [1.807, 2.05) is 18.2 Å². The summed E-state index contributed by atoms with van der Waals surface area (Å²) in [6, 6.07) is 11.8. The van der Waals surface area contributed by atoms with Crippen LogP contribution in [0.3, 0.4) is 0 Å². The zero-order valence-electron chi connectivity index (χ0n) is 13.7. The number of para-hydroxylation sites is 1. The first-order valence-electron chi connectivity index (χ1n) is 7.51. The number of nitrogens with zero attached hydrogens (tertiary/aromatic N) is 3. The number of carbonyl (C=O) groups is 1. The molecule has 0 aliphatic heterocycles. The molecule has 1 N–H and O–H groups in total. The van der Waals surface area contributed by atoms with Crippen LogP contribution >= 0.6 is 0 Å². The van der Waals surface area contributed by atoms with Gasteiger partial charge in [0.05, 0.1) is 12.8 Å². The Morgan fingerprint density at radius 2 is 2.08 bits per heavy atom. The number of rotatable bonds is 5. The number of hydrogen-bond donors (Lipinski definition) is 1. The average Bonchev–Trinajstić information content (AvgIpc) is 3.01. The maximum Gasteiger partial charge on any atom is 0.267 e. The predicted molar refractivity (Wildman–Crippen MR) is 90.4 cm³/mol. The maximum absolute atomic E-state index is 12.1. The molecule has 0 unspecified atom stereocenters. The number of methoxy groups -OCH3 is 1. The van der Waals surface area contributed by atoms with Crippen molar-refractivity contribution in [2.75, 3.05) is 12.4 Å². The average molecular weight is 340 g/mol. The highest BCUT2D eigenvalue weighted by atomic mass is 16.5. The summed E-state index contributed by atoms with van der Waals surface area (Å²) in [5.41, 5.74) is 0.874. The maximum atomic E-state index is 12.1. The van der Waals surface area contributed by atoms with Crippen LogP contribution in [-0.2, 0) is 11.3 Å². The van der Waals surface area contributed by atoms with Crippen LogP contribution in [0.1, 0.15) is 5.76 Å². The van der Waals surface area contributed by atoms with Gasteiger partial charge >= 0.3 is 0 Å². The minimum atomic E-state index is -0.430. The summed E-state index contributed by atoms with van der Waals surface area (Å²) in [7, 11) is 1.56. The van der Waals surface area contributed by atoms with Gasteiger partial charge in [0, 0.05) is 17.7 Å². The first-order valence-corrected chi connectivity index (χ1v) is 7.51. The fraction of sp³-hybridized carbons (Fsp3) is 0.176. The number of benzene rings is 1. The third kappa shape index (κ3) is 3.74. The lowest BCUT2D eigenvalue weighted by Gasteiger charge is -2.09. The number of amides is 1. The molecule has 0 aliphatic rings. The van der Waals surface area contributed by atoms with Crippen molar-refractivity contribution < 1.29 is 14.1 Å². The number of anilines is 1. The van der Waals surface area contributed by atoms with E-state index < -0.39 is 5.91 Å². The van der Waals surface area contributed by atoms with Crippen molar-refractivity contribution in [3.8, 4) is 17.0 Å². The van der Waals surface area contributed by atoms with Gasteiger partial charge in [-0.1, -0.05) is 17.3 Å². The standard InChI is InChI=1S/C17H16N4O4/c1-11-9-15(20-25-11)18-16(22)10-21-17(23)8-7-13(19-21)12-5-3-4-6-14(12)24-2/h3-9H,10H2,1-2H3,(H,18,20,22). The first kappa shape index (κ1) is 16.4. The van der Waals surface area contributed by atoms with E-state index in [2.05, 4.69) is 15.6 Å². The summed E-state index contributed by atoms with van der Waals surface area (Å²) < 4.78 is 11.3. The summed E-state index contributed by atoms with van der Waals surface area (Å²) in [5, 5.41) is 10.5. The highest BCUT2D eigenvalue weighted by Crippen LogP contribution is 2.27. The molecular formula is C17H16N4O4. The van der Waals surface area contributed by atoms with E-state index in [-0.39, 0.29) is 17.9 Å². The number of aryl methyl sites for hydroxylation is 1. The van der Waals surface area contributed by atoms with E-state index >= 15 is 0 Å². The van der Waals surface area contributed by atoms with Gasteiger partial charge in [0.25, 0.3) is 5.56 Å². The molecule has 0 spiro atoms. The lowest BCUT2D eigenvalue weighted by Crippen LogP contribution is -2.29. The summed E-state index contributed by atoms with van der Waals surface area (Å²) in [4.78, 5) is 24.1. The van der Waals surface area contributed by atoms with Crippen molar-refractivity contribution in [2.24, 2.45) is 0 Å². The van der Waals surface area contributed by atoms with E-state index in [1.165, 1.54) is 6.07 Å². The molecule has 1 aromatic carbocycles. The Bertz CT molecular complexity index is 961. The second kappa shape index (κ2) is 7.00. The van der Waals surface area contributed by atoms with Gasteiger partial charge in [0.15, 0.2) is 5.82 Å². The smallest absolute Gasteiger partial charge is 0.267 e. The number of nitrogens with one attached hydrogen (secondary N) is 1. The Balaban J connectivity index is 1.84. The molecule has 3 aromatic rings. The van der Waals surface area contributed by atoms with Crippen LogP contribution in [0, 0.1) is 6.92 Å². The molecular weight excluding hydrogens is 324 g/mol. The molecule has 0 saturated heterocycles. The topological polar surface area (TPSA) is 99.2 Å². The van der Waals surface area contributed by atoms with Crippen molar-refractivity contribution in [2.45, 2.75) is 13.5 Å². The van der Waals surface area contributed by atoms with E-state index in [9.17, 15) is 9.59 Å². The third-order valence-electron chi connectivity index (χ3n) is 3.44. The molecule has 2 aromatic heterocycles. The quantitative estimate of drug-likeness (QED) is 0.761. The molecule has 128 valence electrons.